The minimum absolute atomic E-state index is 0.000415. The van der Waals surface area contributed by atoms with Gasteiger partial charge >= 0.3 is 0 Å². The second-order valence-corrected chi connectivity index (χ2v) is 11.4. The molecule has 2 amide bonds. The molecule has 0 bridgehead atoms. The Labute approximate surface area is 233 Å². The predicted molar refractivity (Wildman–Crippen MR) is 162 cm³/mol. The normalized spacial score (nSPS) is 13.4. The van der Waals surface area contributed by atoms with Crippen LogP contribution >= 0.6 is 0 Å². The number of fused-ring (bicyclic) bond motifs is 4. The molecule has 40 heavy (non-hydrogen) atoms. The molecule has 0 radical (unpaired) electrons. The Morgan fingerprint density at radius 2 is 1.20 bits per heavy atom. The summed E-state index contributed by atoms with van der Waals surface area (Å²) in [6.07, 6.45) is 0. The van der Waals surface area contributed by atoms with Crippen LogP contribution in [0.4, 0.5) is 5.69 Å². The Morgan fingerprint density at radius 3 is 2.00 bits per heavy atom. The fourth-order valence-electron chi connectivity index (χ4n) is 5.90. The van der Waals surface area contributed by atoms with Crippen molar-refractivity contribution in [3.63, 3.8) is 0 Å². The van der Waals surface area contributed by atoms with E-state index in [1.54, 1.807) is 6.07 Å². The molecule has 0 atom stereocenters. The summed E-state index contributed by atoms with van der Waals surface area (Å²) in [4.78, 5) is 29.5. The zero-order valence-corrected chi connectivity index (χ0v) is 22.7. The van der Waals surface area contributed by atoms with Crippen molar-refractivity contribution in [3.8, 4) is 16.8 Å². The van der Waals surface area contributed by atoms with Crippen LogP contribution in [0.1, 0.15) is 47.1 Å². The zero-order chi connectivity index (χ0) is 27.6. The van der Waals surface area contributed by atoms with Crippen molar-refractivity contribution in [2.75, 3.05) is 4.90 Å². The standard InChI is InChI=1S/C36H28N2O2/c1-36(2,3)24-20-21-31-28(22-24)26-15-8-10-18-30(26)37(31)32-19-11-16-27-33(32)35(40)38(34(27)39)29-17-9-7-14-25(29)23-12-5-4-6-13-23/h4-22H,1-3H3. The molecule has 0 saturated carbocycles. The summed E-state index contributed by atoms with van der Waals surface area (Å²) < 4.78 is 2.13. The first-order valence-electron chi connectivity index (χ1n) is 13.5. The van der Waals surface area contributed by atoms with Gasteiger partial charge < -0.3 is 4.57 Å². The molecule has 4 heteroatoms. The third kappa shape index (κ3) is 3.53. The zero-order valence-electron chi connectivity index (χ0n) is 22.7. The molecular formula is C36H28N2O2. The molecule has 5 aromatic carbocycles. The van der Waals surface area contributed by atoms with Crippen molar-refractivity contribution >= 4 is 39.3 Å². The number of imide groups is 1. The van der Waals surface area contributed by atoms with Crippen LogP contribution in [0, 0.1) is 0 Å². The SMILES string of the molecule is CC(C)(C)c1ccc2c(c1)c1ccccc1n2-c1cccc2c1C(=O)N(c1ccccc1-c1ccccc1)C2=O. The lowest BCUT2D eigenvalue weighted by atomic mass is 9.86. The quantitative estimate of drug-likeness (QED) is 0.219. The van der Waals surface area contributed by atoms with Crippen molar-refractivity contribution in [2.45, 2.75) is 26.2 Å². The summed E-state index contributed by atoms with van der Waals surface area (Å²) >= 11 is 0. The first-order valence-corrected chi connectivity index (χ1v) is 13.5. The maximum Gasteiger partial charge on any atom is 0.268 e. The molecule has 2 heterocycles. The molecule has 0 spiro atoms. The van der Waals surface area contributed by atoms with Crippen molar-refractivity contribution in [3.05, 3.63) is 132 Å². The predicted octanol–water partition coefficient (Wildman–Crippen LogP) is 8.55. The third-order valence-electron chi connectivity index (χ3n) is 7.90. The van der Waals surface area contributed by atoms with Gasteiger partial charge in [0.15, 0.2) is 0 Å². The maximum atomic E-state index is 14.3. The lowest BCUT2D eigenvalue weighted by molar-refractivity contribution is 0.0926. The van der Waals surface area contributed by atoms with Gasteiger partial charge in [-0.2, -0.15) is 0 Å². The van der Waals surface area contributed by atoms with Gasteiger partial charge in [0.2, 0.25) is 0 Å². The number of rotatable bonds is 3. The summed E-state index contributed by atoms with van der Waals surface area (Å²) in [6.45, 7) is 6.64. The van der Waals surface area contributed by atoms with Crippen LogP contribution in [0.2, 0.25) is 0 Å². The van der Waals surface area contributed by atoms with Gasteiger partial charge in [-0.3, -0.25) is 9.59 Å². The number of anilines is 1. The Bertz CT molecular complexity index is 1980. The smallest absolute Gasteiger partial charge is 0.268 e. The van der Waals surface area contributed by atoms with E-state index in [0.29, 0.717) is 22.5 Å². The van der Waals surface area contributed by atoms with Crippen LogP contribution in [-0.4, -0.2) is 16.4 Å². The molecule has 1 aliphatic heterocycles. The molecule has 0 fully saturated rings. The fraction of sp³-hybridized carbons (Fsp3) is 0.111. The monoisotopic (exact) mass is 520 g/mol. The van der Waals surface area contributed by atoms with Gasteiger partial charge in [-0.05, 0) is 52.9 Å². The Hall–Kier alpha value is -4.96. The number of amides is 2. The number of carbonyl (C=O) groups excluding carboxylic acids is 2. The second-order valence-electron chi connectivity index (χ2n) is 11.4. The van der Waals surface area contributed by atoms with Crippen molar-refractivity contribution in [2.24, 2.45) is 0 Å². The maximum absolute atomic E-state index is 14.3. The molecule has 1 aromatic heterocycles. The minimum atomic E-state index is -0.309. The average Bonchev–Trinajstić information content (AvgIpc) is 3.44. The molecule has 4 nitrogen and oxygen atoms in total. The van der Waals surface area contributed by atoms with Gasteiger partial charge in [-0.1, -0.05) is 99.6 Å². The molecule has 1 aliphatic rings. The number of para-hydroxylation sites is 2. The Balaban J connectivity index is 1.45. The van der Waals surface area contributed by atoms with Gasteiger partial charge in [-0.25, -0.2) is 4.90 Å². The van der Waals surface area contributed by atoms with Gasteiger partial charge in [0.1, 0.15) is 0 Å². The first-order chi connectivity index (χ1) is 19.3. The minimum Gasteiger partial charge on any atom is -0.308 e. The summed E-state index contributed by atoms with van der Waals surface area (Å²) in [6, 6.07) is 37.8. The average molecular weight is 521 g/mol. The molecule has 0 unspecified atom stereocenters. The fourth-order valence-corrected chi connectivity index (χ4v) is 5.90. The van der Waals surface area contributed by atoms with E-state index in [0.717, 1.165) is 32.9 Å². The van der Waals surface area contributed by atoms with E-state index >= 15 is 0 Å². The summed E-state index contributed by atoms with van der Waals surface area (Å²) in [5.41, 5.74) is 7.19. The second kappa shape index (κ2) is 8.78. The third-order valence-corrected chi connectivity index (χ3v) is 7.90. The first kappa shape index (κ1) is 24.1. The number of hydrogen-bond donors (Lipinski definition) is 0. The van der Waals surface area contributed by atoms with Crippen LogP contribution in [0.25, 0.3) is 38.6 Å². The lowest BCUT2D eigenvalue weighted by Gasteiger charge is -2.19. The van der Waals surface area contributed by atoms with E-state index in [1.165, 1.54) is 10.5 Å². The number of nitrogens with zero attached hydrogens (tertiary/aromatic N) is 2. The summed E-state index contributed by atoms with van der Waals surface area (Å²) in [5, 5.41) is 2.24. The van der Waals surface area contributed by atoms with E-state index in [4.69, 9.17) is 0 Å². The van der Waals surface area contributed by atoms with Gasteiger partial charge in [0.05, 0.1) is 33.5 Å². The molecule has 194 valence electrons. The highest BCUT2D eigenvalue weighted by Crippen LogP contribution is 2.40. The highest BCUT2D eigenvalue weighted by atomic mass is 16.2. The van der Waals surface area contributed by atoms with Crippen LogP contribution in [0.5, 0.6) is 0 Å². The van der Waals surface area contributed by atoms with E-state index in [9.17, 15) is 9.59 Å². The Kier molecular flexibility index (Phi) is 5.29. The number of aromatic nitrogens is 1. The highest BCUT2D eigenvalue weighted by Gasteiger charge is 2.40. The lowest BCUT2D eigenvalue weighted by Crippen LogP contribution is -2.30. The number of hydrogen-bond acceptors (Lipinski definition) is 2. The topological polar surface area (TPSA) is 42.3 Å². The van der Waals surface area contributed by atoms with E-state index in [-0.39, 0.29) is 17.2 Å². The van der Waals surface area contributed by atoms with E-state index in [2.05, 4.69) is 55.7 Å². The van der Waals surface area contributed by atoms with E-state index in [1.807, 2.05) is 78.9 Å². The summed E-state index contributed by atoms with van der Waals surface area (Å²) in [5.74, 6) is -0.614. The largest absolute Gasteiger partial charge is 0.308 e. The number of benzene rings is 5. The van der Waals surface area contributed by atoms with E-state index < -0.39 is 0 Å². The summed E-state index contributed by atoms with van der Waals surface area (Å²) in [7, 11) is 0. The van der Waals surface area contributed by atoms with Crippen molar-refractivity contribution in [1.82, 2.24) is 4.57 Å². The molecule has 0 saturated heterocycles. The molecular weight excluding hydrogens is 492 g/mol. The van der Waals surface area contributed by atoms with Crippen molar-refractivity contribution in [1.29, 1.82) is 0 Å². The highest BCUT2D eigenvalue weighted by molar-refractivity contribution is 6.36. The van der Waals surface area contributed by atoms with Gasteiger partial charge in [-0.15, -0.1) is 0 Å². The van der Waals surface area contributed by atoms with Crippen LogP contribution in [-0.2, 0) is 5.41 Å². The molecule has 6 aromatic rings. The molecule has 7 rings (SSSR count). The van der Waals surface area contributed by atoms with Crippen molar-refractivity contribution < 1.29 is 9.59 Å². The Morgan fingerprint density at radius 1 is 0.550 bits per heavy atom. The van der Waals surface area contributed by atoms with Crippen LogP contribution < -0.4 is 4.90 Å². The van der Waals surface area contributed by atoms with Crippen LogP contribution in [0.3, 0.4) is 0 Å². The number of carbonyl (C=O) groups is 2. The van der Waals surface area contributed by atoms with Crippen LogP contribution in [0.15, 0.2) is 115 Å². The van der Waals surface area contributed by atoms with Gasteiger partial charge in [0.25, 0.3) is 11.8 Å². The molecule has 0 aliphatic carbocycles. The van der Waals surface area contributed by atoms with Gasteiger partial charge in [0, 0.05) is 16.3 Å². The molecule has 0 N–H and O–H groups in total.